The summed E-state index contributed by atoms with van der Waals surface area (Å²) >= 11 is 0. The van der Waals surface area contributed by atoms with Crippen LogP contribution in [0, 0.1) is 11.8 Å². The molecule has 1 saturated heterocycles. The highest BCUT2D eigenvalue weighted by Crippen LogP contribution is 2.41. The molecule has 2 heteroatoms. The van der Waals surface area contributed by atoms with Crippen molar-refractivity contribution in [3.8, 4) is 0 Å². The highest BCUT2D eigenvalue weighted by molar-refractivity contribution is 5.86. The van der Waals surface area contributed by atoms with Crippen molar-refractivity contribution in [2.75, 3.05) is 7.05 Å². The molecule has 13 heavy (non-hydrogen) atoms. The van der Waals surface area contributed by atoms with Crippen molar-refractivity contribution >= 4 is 5.78 Å². The van der Waals surface area contributed by atoms with Gasteiger partial charge in [-0.25, -0.2) is 0 Å². The van der Waals surface area contributed by atoms with E-state index >= 15 is 0 Å². The Morgan fingerprint density at radius 3 is 1.92 bits per heavy atom. The lowest BCUT2D eigenvalue weighted by molar-refractivity contribution is -0.128. The molecule has 0 aromatic rings. The molecule has 0 bridgehead atoms. The number of hydrogen-bond acceptors (Lipinski definition) is 2. The summed E-state index contributed by atoms with van der Waals surface area (Å²) < 4.78 is 0. The molecule has 0 saturated carbocycles. The highest BCUT2D eigenvalue weighted by Gasteiger charge is 2.51. The summed E-state index contributed by atoms with van der Waals surface area (Å²) in [5.41, 5.74) is -0.251. The fourth-order valence-corrected chi connectivity index (χ4v) is 2.60. The number of nitrogens with zero attached hydrogens (tertiary/aromatic N) is 1. The van der Waals surface area contributed by atoms with E-state index < -0.39 is 0 Å². The summed E-state index contributed by atoms with van der Waals surface area (Å²) in [6.07, 6.45) is 0. The standard InChI is InChI=1S/C11H21NO/c1-7-8(2)11(5,10(4)13)12(6)9(7)3/h7-9H,1-6H3. The van der Waals surface area contributed by atoms with Crippen LogP contribution in [0.2, 0.25) is 0 Å². The van der Waals surface area contributed by atoms with E-state index in [1.54, 1.807) is 6.92 Å². The first-order valence-corrected chi connectivity index (χ1v) is 5.07. The van der Waals surface area contributed by atoms with Gasteiger partial charge in [0.25, 0.3) is 0 Å². The van der Waals surface area contributed by atoms with Gasteiger partial charge in [0.05, 0.1) is 5.54 Å². The number of hydrogen-bond donors (Lipinski definition) is 0. The average molecular weight is 183 g/mol. The van der Waals surface area contributed by atoms with Crippen LogP contribution in [-0.2, 0) is 4.79 Å². The van der Waals surface area contributed by atoms with E-state index in [2.05, 4.69) is 39.6 Å². The molecule has 76 valence electrons. The maximum atomic E-state index is 11.6. The second-order valence-corrected chi connectivity index (χ2v) is 4.70. The smallest absolute Gasteiger partial charge is 0.150 e. The average Bonchev–Trinajstić information content (AvgIpc) is 2.22. The molecule has 4 atom stereocenters. The molecule has 0 amide bonds. The van der Waals surface area contributed by atoms with Gasteiger partial charge in [0, 0.05) is 6.04 Å². The predicted molar refractivity (Wildman–Crippen MR) is 54.6 cm³/mol. The summed E-state index contributed by atoms with van der Waals surface area (Å²) in [7, 11) is 2.06. The maximum absolute atomic E-state index is 11.6. The van der Waals surface area contributed by atoms with Gasteiger partial charge in [0.2, 0.25) is 0 Å². The van der Waals surface area contributed by atoms with Crippen LogP contribution in [0.1, 0.15) is 34.6 Å². The molecule has 2 nitrogen and oxygen atoms in total. The molecule has 0 aromatic carbocycles. The first kappa shape index (κ1) is 10.7. The van der Waals surface area contributed by atoms with Crippen LogP contribution >= 0.6 is 0 Å². The lowest BCUT2D eigenvalue weighted by atomic mass is 9.80. The van der Waals surface area contributed by atoms with Crippen molar-refractivity contribution in [3.05, 3.63) is 0 Å². The minimum absolute atomic E-state index is 0.251. The molecule has 0 aromatic heterocycles. The number of carbonyl (C=O) groups is 1. The number of carbonyl (C=O) groups excluding carboxylic acids is 1. The largest absolute Gasteiger partial charge is 0.298 e. The quantitative estimate of drug-likeness (QED) is 0.619. The predicted octanol–water partition coefficient (Wildman–Crippen LogP) is 1.94. The Morgan fingerprint density at radius 1 is 1.31 bits per heavy atom. The zero-order valence-corrected chi connectivity index (χ0v) is 9.59. The van der Waals surface area contributed by atoms with Gasteiger partial charge < -0.3 is 0 Å². The van der Waals surface area contributed by atoms with Gasteiger partial charge >= 0.3 is 0 Å². The van der Waals surface area contributed by atoms with E-state index in [4.69, 9.17) is 0 Å². The molecular formula is C11H21NO. The van der Waals surface area contributed by atoms with E-state index in [-0.39, 0.29) is 5.54 Å². The topological polar surface area (TPSA) is 20.3 Å². The summed E-state index contributed by atoms with van der Waals surface area (Å²) in [6.45, 7) is 10.4. The molecule has 1 rings (SSSR count). The van der Waals surface area contributed by atoms with Gasteiger partial charge in [0.15, 0.2) is 0 Å². The lowest BCUT2D eigenvalue weighted by Gasteiger charge is -2.34. The van der Waals surface area contributed by atoms with E-state index in [9.17, 15) is 4.79 Å². The minimum Gasteiger partial charge on any atom is -0.298 e. The van der Waals surface area contributed by atoms with Gasteiger partial charge in [-0.3, -0.25) is 9.69 Å². The van der Waals surface area contributed by atoms with Crippen molar-refractivity contribution in [2.24, 2.45) is 11.8 Å². The zero-order chi connectivity index (χ0) is 10.4. The zero-order valence-electron chi connectivity index (χ0n) is 9.59. The van der Waals surface area contributed by atoms with Crippen molar-refractivity contribution in [3.63, 3.8) is 0 Å². The van der Waals surface area contributed by atoms with Gasteiger partial charge in [-0.15, -0.1) is 0 Å². The Kier molecular flexibility index (Phi) is 2.54. The van der Waals surface area contributed by atoms with Crippen LogP contribution in [0.4, 0.5) is 0 Å². The Labute approximate surface area is 81.3 Å². The van der Waals surface area contributed by atoms with E-state index in [0.717, 1.165) is 0 Å². The van der Waals surface area contributed by atoms with E-state index in [1.807, 2.05) is 0 Å². The Bertz CT molecular complexity index is 210. The minimum atomic E-state index is -0.251. The second-order valence-electron chi connectivity index (χ2n) is 4.70. The Morgan fingerprint density at radius 2 is 1.77 bits per heavy atom. The molecule has 1 aliphatic heterocycles. The van der Waals surface area contributed by atoms with Crippen LogP contribution in [0.25, 0.3) is 0 Å². The summed E-state index contributed by atoms with van der Waals surface area (Å²) in [5, 5.41) is 0. The molecular weight excluding hydrogens is 162 g/mol. The third-order valence-electron chi connectivity index (χ3n) is 4.49. The monoisotopic (exact) mass is 183 g/mol. The Balaban J connectivity index is 3.05. The van der Waals surface area contributed by atoms with Gasteiger partial charge in [0.1, 0.15) is 5.78 Å². The molecule has 0 spiro atoms. The van der Waals surface area contributed by atoms with Crippen LogP contribution in [0.3, 0.4) is 0 Å². The van der Waals surface area contributed by atoms with Crippen LogP contribution in [0.5, 0.6) is 0 Å². The molecule has 1 heterocycles. The fraction of sp³-hybridized carbons (Fsp3) is 0.909. The first-order chi connectivity index (χ1) is 5.83. The Hall–Kier alpha value is -0.370. The van der Waals surface area contributed by atoms with Crippen LogP contribution in [-0.4, -0.2) is 29.3 Å². The van der Waals surface area contributed by atoms with Crippen molar-refractivity contribution in [1.29, 1.82) is 0 Å². The molecule has 1 fully saturated rings. The van der Waals surface area contributed by atoms with Gasteiger partial charge in [-0.05, 0) is 39.7 Å². The number of ketones is 1. The van der Waals surface area contributed by atoms with Crippen molar-refractivity contribution in [1.82, 2.24) is 4.90 Å². The lowest BCUT2D eigenvalue weighted by Crippen LogP contribution is -2.49. The molecule has 0 radical (unpaired) electrons. The SMILES string of the molecule is CC(=O)C1(C)C(C)C(C)C(C)N1C. The van der Waals surface area contributed by atoms with E-state index in [0.29, 0.717) is 23.7 Å². The number of likely N-dealkylation sites (tertiary alicyclic amines) is 1. The normalized spacial score (nSPS) is 46.8. The third-order valence-corrected chi connectivity index (χ3v) is 4.49. The maximum Gasteiger partial charge on any atom is 0.150 e. The third kappa shape index (κ3) is 1.23. The van der Waals surface area contributed by atoms with E-state index in [1.165, 1.54) is 0 Å². The van der Waals surface area contributed by atoms with Gasteiger partial charge in [-0.2, -0.15) is 0 Å². The summed E-state index contributed by atoms with van der Waals surface area (Å²) in [4.78, 5) is 13.9. The number of Topliss-reactive ketones (excluding diaryl/α,β-unsaturated/α-hetero) is 1. The summed E-state index contributed by atoms with van der Waals surface area (Å²) in [5.74, 6) is 1.34. The molecule has 0 N–H and O–H groups in total. The van der Waals surface area contributed by atoms with Gasteiger partial charge in [-0.1, -0.05) is 13.8 Å². The van der Waals surface area contributed by atoms with Crippen molar-refractivity contribution < 1.29 is 4.79 Å². The molecule has 1 aliphatic rings. The van der Waals surface area contributed by atoms with Crippen LogP contribution < -0.4 is 0 Å². The first-order valence-electron chi connectivity index (χ1n) is 5.07. The van der Waals surface area contributed by atoms with Crippen molar-refractivity contribution in [2.45, 2.75) is 46.2 Å². The molecule has 4 unspecified atom stereocenters. The van der Waals surface area contributed by atoms with Crippen LogP contribution in [0.15, 0.2) is 0 Å². The second kappa shape index (κ2) is 3.09. The molecule has 0 aliphatic carbocycles. The summed E-state index contributed by atoms with van der Waals surface area (Å²) in [6, 6.07) is 0.504. The number of rotatable bonds is 1. The fourth-order valence-electron chi connectivity index (χ4n) is 2.60. The highest BCUT2D eigenvalue weighted by atomic mass is 16.1. The number of likely N-dealkylation sites (N-methyl/N-ethyl adjacent to an activating group) is 1.